The summed E-state index contributed by atoms with van der Waals surface area (Å²) in [6, 6.07) is 6.59. The number of rotatable bonds is 8. The maximum Gasteiger partial charge on any atom is 0.351 e. The number of fused-ring (bicyclic) bond motifs is 1. The van der Waals surface area contributed by atoms with Crippen LogP contribution in [0.2, 0.25) is 18.1 Å². The molecule has 11 nitrogen and oxygen atoms in total. The van der Waals surface area contributed by atoms with E-state index in [0.29, 0.717) is 9.39 Å². The number of imide groups is 1. The van der Waals surface area contributed by atoms with E-state index in [1.807, 2.05) is 14.1 Å². The molecule has 0 aliphatic carbocycles. The Hall–Kier alpha value is -2.46. The van der Waals surface area contributed by atoms with Crippen LogP contribution in [0.3, 0.4) is 0 Å². The fourth-order valence-corrected chi connectivity index (χ4v) is 5.52. The predicted octanol–water partition coefficient (Wildman–Crippen LogP) is 3.98. The van der Waals surface area contributed by atoms with Crippen molar-refractivity contribution >= 4 is 54.9 Å². The lowest BCUT2D eigenvalue weighted by Crippen LogP contribution is -2.45. The van der Waals surface area contributed by atoms with E-state index >= 15 is 0 Å². The number of ether oxygens (including phenoxy) is 1. The zero-order chi connectivity index (χ0) is 28.7. The van der Waals surface area contributed by atoms with Crippen molar-refractivity contribution in [1.82, 2.24) is 19.5 Å². The van der Waals surface area contributed by atoms with Gasteiger partial charge in [0.1, 0.15) is 18.4 Å². The molecule has 2 aromatic rings. The summed E-state index contributed by atoms with van der Waals surface area (Å²) in [5.74, 6) is -0.751. The van der Waals surface area contributed by atoms with Crippen molar-refractivity contribution in [2.24, 2.45) is 4.99 Å². The molecule has 39 heavy (non-hydrogen) atoms. The Kier molecular flexibility index (Phi) is 8.47. The van der Waals surface area contributed by atoms with Crippen LogP contribution in [0.5, 0.6) is 0 Å². The van der Waals surface area contributed by atoms with E-state index in [-0.39, 0.29) is 29.2 Å². The fraction of sp³-hybridized carbons (Fsp3) is 0.500. The summed E-state index contributed by atoms with van der Waals surface area (Å²) in [4.78, 5) is 55.1. The number of hydrogen-bond acceptors (Lipinski definition) is 8. The van der Waals surface area contributed by atoms with Crippen LogP contribution in [0.15, 0.2) is 40.2 Å². The fourth-order valence-electron chi connectivity index (χ4n) is 3.94. The minimum Gasteiger partial charge on any atom is -0.414 e. The predicted molar refractivity (Wildman–Crippen MR) is 157 cm³/mol. The summed E-state index contributed by atoms with van der Waals surface area (Å²) < 4.78 is 14.8. The summed E-state index contributed by atoms with van der Waals surface area (Å²) in [6.45, 7) is 10.9. The van der Waals surface area contributed by atoms with Gasteiger partial charge in [-0.2, -0.15) is 4.98 Å². The van der Waals surface area contributed by atoms with Gasteiger partial charge in [0, 0.05) is 26.7 Å². The van der Waals surface area contributed by atoms with Crippen LogP contribution in [-0.4, -0.2) is 78.9 Å². The van der Waals surface area contributed by atoms with Gasteiger partial charge in [0.05, 0.1) is 27.6 Å². The molecule has 2 aliphatic rings. The van der Waals surface area contributed by atoms with Gasteiger partial charge in [-0.1, -0.05) is 32.9 Å². The van der Waals surface area contributed by atoms with Gasteiger partial charge in [-0.05, 0) is 52.9 Å². The van der Waals surface area contributed by atoms with Gasteiger partial charge in [-0.3, -0.25) is 19.0 Å². The number of halogens is 1. The Bertz CT molecular complexity index is 1320. The van der Waals surface area contributed by atoms with E-state index in [9.17, 15) is 14.4 Å². The number of aromatic nitrogens is 2. The smallest absolute Gasteiger partial charge is 0.351 e. The van der Waals surface area contributed by atoms with Crippen LogP contribution < -0.4 is 5.69 Å². The lowest BCUT2D eigenvalue weighted by atomic mass is 10.1. The molecule has 4 rings (SSSR count). The van der Waals surface area contributed by atoms with Crippen molar-refractivity contribution in [2.45, 2.75) is 63.8 Å². The largest absolute Gasteiger partial charge is 0.414 e. The minimum atomic E-state index is -2.16. The molecule has 1 fully saturated rings. The summed E-state index contributed by atoms with van der Waals surface area (Å²) in [7, 11) is 1.49. The third kappa shape index (κ3) is 6.16. The molecule has 1 saturated heterocycles. The number of nitrogens with zero attached hydrogens (tertiary/aromatic N) is 5. The number of hydroxylamine groups is 2. The number of aliphatic imine (C=N–C) groups is 1. The van der Waals surface area contributed by atoms with Crippen LogP contribution in [0.1, 0.15) is 54.1 Å². The summed E-state index contributed by atoms with van der Waals surface area (Å²) in [6.07, 6.45) is 1.32. The zero-order valence-electron chi connectivity index (χ0n) is 23.2. The Labute approximate surface area is 242 Å². The molecule has 0 bridgehead atoms. The molecule has 1 aromatic carbocycles. The van der Waals surface area contributed by atoms with E-state index in [2.05, 4.69) is 66.4 Å². The molecule has 1 aromatic heterocycles. The highest BCUT2D eigenvalue weighted by Crippen LogP contribution is 2.39. The molecule has 0 saturated carbocycles. The maximum atomic E-state index is 13.0. The first kappa shape index (κ1) is 29.5. The van der Waals surface area contributed by atoms with Crippen molar-refractivity contribution in [3.63, 3.8) is 0 Å². The minimum absolute atomic E-state index is 0.0379. The summed E-state index contributed by atoms with van der Waals surface area (Å²) in [5.41, 5.74) is 0.0449. The van der Waals surface area contributed by atoms with Crippen molar-refractivity contribution in [1.29, 1.82) is 0 Å². The Morgan fingerprint density at radius 3 is 2.36 bits per heavy atom. The zero-order valence-corrected chi connectivity index (χ0v) is 26.3. The molecule has 0 spiro atoms. The van der Waals surface area contributed by atoms with Gasteiger partial charge in [-0.25, -0.2) is 9.79 Å². The number of carbonyl (C=O) groups excluding carboxylic acids is 2. The van der Waals surface area contributed by atoms with Gasteiger partial charge >= 0.3 is 5.69 Å². The third-order valence-electron chi connectivity index (χ3n) is 7.20. The summed E-state index contributed by atoms with van der Waals surface area (Å²) in [5, 5.41) is 0.758. The molecular formula is C26H34IN5O6Si. The molecular weight excluding hydrogens is 633 g/mol. The van der Waals surface area contributed by atoms with Crippen LogP contribution in [0, 0.1) is 3.57 Å². The van der Waals surface area contributed by atoms with Gasteiger partial charge in [-0.15, -0.1) is 5.06 Å². The first-order chi connectivity index (χ1) is 18.2. The Balaban J connectivity index is 1.60. The first-order valence-electron chi connectivity index (χ1n) is 12.6. The third-order valence-corrected chi connectivity index (χ3v) is 12.5. The Morgan fingerprint density at radius 2 is 1.79 bits per heavy atom. The second kappa shape index (κ2) is 11.2. The van der Waals surface area contributed by atoms with Crippen LogP contribution in [0.25, 0.3) is 0 Å². The second-order valence-electron chi connectivity index (χ2n) is 11.3. The molecule has 3 heterocycles. The molecule has 2 aliphatic heterocycles. The Morgan fingerprint density at radius 1 is 1.18 bits per heavy atom. The molecule has 1 unspecified atom stereocenters. The maximum absolute atomic E-state index is 13.0. The van der Waals surface area contributed by atoms with E-state index in [1.165, 1.54) is 4.57 Å². The molecule has 210 valence electrons. The average Bonchev–Trinajstić information content (AvgIpc) is 3.37. The number of benzene rings is 1. The average molecular weight is 668 g/mol. The molecule has 3 atom stereocenters. The van der Waals surface area contributed by atoms with Crippen LogP contribution >= 0.6 is 22.6 Å². The molecule has 0 N–H and O–H groups in total. The van der Waals surface area contributed by atoms with Gasteiger partial charge < -0.3 is 14.1 Å². The topological polar surface area (TPSA) is 116 Å². The van der Waals surface area contributed by atoms with E-state index in [0.717, 1.165) is 5.06 Å². The van der Waals surface area contributed by atoms with Crippen molar-refractivity contribution in [2.75, 3.05) is 20.7 Å². The lowest BCUT2D eigenvalue weighted by Gasteiger charge is -2.37. The number of carbonyl (C=O) groups is 2. The molecule has 0 radical (unpaired) electrons. The van der Waals surface area contributed by atoms with E-state index in [1.54, 1.807) is 41.7 Å². The van der Waals surface area contributed by atoms with Crippen molar-refractivity contribution < 1.29 is 23.6 Å². The highest BCUT2D eigenvalue weighted by Gasteiger charge is 2.46. The van der Waals surface area contributed by atoms with Gasteiger partial charge in [0.15, 0.2) is 14.1 Å². The summed E-state index contributed by atoms with van der Waals surface area (Å²) >= 11 is 2.07. The quantitative estimate of drug-likeness (QED) is 0.137. The number of hydrogen-bond donors (Lipinski definition) is 0. The van der Waals surface area contributed by atoms with Crippen LogP contribution in [0.4, 0.5) is 5.82 Å². The normalized spacial score (nSPS) is 21.7. The number of amides is 2. The SMILES string of the molecule is CN(C)/C=N/c1nc(=O)n([C@H]2CC(ON3C(=O)c4ccccc4C3=O)[C@@H](CO[Si](C)(C)C(C)(C)C)O2)cc1I. The first-order valence-corrected chi connectivity index (χ1v) is 16.6. The standard InChI is InChI=1S/C26H34IN5O6Si/c1-26(2,3)39(6,7)36-14-20-19(38-32-23(33)16-10-8-9-11-17(16)24(32)34)12-21(37-20)31-13-18(27)22(29-25(31)35)28-15-30(4)5/h8-11,13,15,19-21H,12,14H2,1-7H3/b28-15+/t19?,20-,21-/m1/s1. The van der Waals surface area contributed by atoms with Gasteiger partial charge in [0.25, 0.3) is 11.8 Å². The highest BCUT2D eigenvalue weighted by atomic mass is 127. The van der Waals surface area contributed by atoms with Crippen molar-refractivity contribution in [3.8, 4) is 0 Å². The monoisotopic (exact) mass is 667 g/mol. The van der Waals surface area contributed by atoms with E-state index < -0.39 is 44.3 Å². The van der Waals surface area contributed by atoms with Gasteiger partial charge in [0.2, 0.25) is 0 Å². The molecule has 2 amide bonds. The lowest BCUT2D eigenvalue weighted by molar-refractivity contribution is -0.154. The highest BCUT2D eigenvalue weighted by molar-refractivity contribution is 14.1. The van der Waals surface area contributed by atoms with E-state index in [4.69, 9.17) is 14.0 Å². The van der Waals surface area contributed by atoms with Crippen LogP contribution in [-0.2, 0) is 14.0 Å². The molecule has 13 heteroatoms. The second-order valence-corrected chi connectivity index (χ2v) is 17.3. The van der Waals surface area contributed by atoms with Crippen molar-refractivity contribution in [3.05, 3.63) is 55.6 Å².